The van der Waals surface area contributed by atoms with Crippen LogP contribution in [0.1, 0.15) is 38.3 Å². The monoisotopic (exact) mass is 320 g/mol. The van der Waals surface area contributed by atoms with E-state index in [-0.39, 0.29) is 18.4 Å². The van der Waals surface area contributed by atoms with E-state index in [4.69, 9.17) is 4.74 Å². The number of hydrogen-bond donors (Lipinski definition) is 1. The van der Waals surface area contributed by atoms with Crippen LogP contribution in [0.15, 0.2) is 18.2 Å². The number of nitrogens with one attached hydrogen (secondary N) is 1. The van der Waals surface area contributed by atoms with Crippen LogP contribution in [0.5, 0.6) is 0 Å². The van der Waals surface area contributed by atoms with Crippen molar-refractivity contribution in [2.75, 3.05) is 31.7 Å². The molecule has 23 heavy (non-hydrogen) atoms. The van der Waals surface area contributed by atoms with E-state index in [0.717, 1.165) is 36.1 Å². The minimum absolute atomic E-state index is 0.0479. The van der Waals surface area contributed by atoms with Crippen LogP contribution < -0.4 is 10.2 Å². The lowest BCUT2D eigenvalue weighted by molar-refractivity contribution is -0.123. The van der Waals surface area contributed by atoms with E-state index in [9.17, 15) is 9.59 Å². The Morgan fingerprint density at radius 2 is 1.78 bits per heavy atom. The highest BCUT2D eigenvalue weighted by molar-refractivity contribution is 5.98. The minimum Gasteiger partial charge on any atom is -0.385 e. The number of carbonyl (C=O) groups excluding carboxylic acids is 2. The van der Waals surface area contributed by atoms with Crippen molar-refractivity contribution in [3.63, 3.8) is 0 Å². The van der Waals surface area contributed by atoms with Gasteiger partial charge >= 0.3 is 0 Å². The van der Waals surface area contributed by atoms with Gasteiger partial charge in [-0.1, -0.05) is 32.0 Å². The second-order valence-corrected chi connectivity index (χ2v) is 5.43. The number of rotatable bonds is 9. The summed E-state index contributed by atoms with van der Waals surface area (Å²) >= 11 is 0. The van der Waals surface area contributed by atoms with Crippen LogP contribution in [-0.4, -0.2) is 38.6 Å². The first kappa shape index (κ1) is 19.2. The first-order chi connectivity index (χ1) is 11.0. The van der Waals surface area contributed by atoms with Gasteiger partial charge in [-0.2, -0.15) is 0 Å². The molecule has 2 amide bonds. The summed E-state index contributed by atoms with van der Waals surface area (Å²) < 4.78 is 4.96. The maximum atomic E-state index is 12.1. The van der Waals surface area contributed by atoms with Crippen molar-refractivity contribution < 1.29 is 14.3 Å². The molecule has 0 aliphatic rings. The van der Waals surface area contributed by atoms with Crippen LogP contribution in [0.2, 0.25) is 0 Å². The molecule has 0 saturated heterocycles. The fraction of sp³-hybridized carbons (Fsp3) is 0.556. The highest BCUT2D eigenvalue weighted by Gasteiger charge is 2.20. The van der Waals surface area contributed by atoms with Crippen molar-refractivity contribution >= 4 is 17.5 Å². The molecule has 0 fully saturated rings. The van der Waals surface area contributed by atoms with Crippen LogP contribution in [-0.2, 0) is 27.2 Å². The SMILES string of the molecule is CCc1cccc(CC)c1N(CC(=O)NCCCOC)C(C)=O. The maximum Gasteiger partial charge on any atom is 0.240 e. The molecule has 1 N–H and O–H groups in total. The summed E-state index contributed by atoms with van der Waals surface area (Å²) in [5, 5.41) is 2.83. The average Bonchev–Trinajstić information content (AvgIpc) is 2.55. The van der Waals surface area contributed by atoms with Gasteiger partial charge < -0.3 is 15.0 Å². The molecule has 0 aliphatic carbocycles. The fourth-order valence-corrected chi connectivity index (χ4v) is 2.55. The minimum atomic E-state index is -0.149. The summed E-state index contributed by atoms with van der Waals surface area (Å²) in [6.07, 6.45) is 2.40. The topological polar surface area (TPSA) is 58.6 Å². The van der Waals surface area contributed by atoms with Crippen molar-refractivity contribution in [3.8, 4) is 0 Å². The van der Waals surface area contributed by atoms with Crippen LogP contribution in [0.4, 0.5) is 5.69 Å². The lowest BCUT2D eigenvalue weighted by Gasteiger charge is -2.26. The number of aryl methyl sites for hydroxylation is 2. The number of nitrogens with zero attached hydrogens (tertiary/aromatic N) is 1. The van der Waals surface area contributed by atoms with Crippen molar-refractivity contribution in [3.05, 3.63) is 29.3 Å². The Morgan fingerprint density at radius 3 is 2.26 bits per heavy atom. The average molecular weight is 320 g/mol. The number of methoxy groups -OCH3 is 1. The van der Waals surface area contributed by atoms with Crippen molar-refractivity contribution in [1.82, 2.24) is 5.32 Å². The van der Waals surface area contributed by atoms with Crippen molar-refractivity contribution in [1.29, 1.82) is 0 Å². The molecule has 0 aliphatic heterocycles. The van der Waals surface area contributed by atoms with E-state index in [1.807, 2.05) is 18.2 Å². The Morgan fingerprint density at radius 1 is 1.17 bits per heavy atom. The molecule has 5 nitrogen and oxygen atoms in total. The second kappa shape index (κ2) is 10.0. The molecule has 1 aromatic rings. The predicted octanol–water partition coefficient (Wildman–Crippen LogP) is 2.32. The third-order valence-electron chi connectivity index (χ3n) is 3.76. The van der Waals surface area contributed by atoms with Gasteiger partial charge in [0, 0.05) is 27.2 Å². The van der Waals surface area contributed by atoms with Gasteiger partial charge in [-0.3, -0.25) is 9.59 Å². The maximum absolute atomic E-state index is 12.1. The van der Waals surface area contributed by atoms with Crippen molar-refractivity contribution in [2.45, 2.75) is 40.0 Å². The number of carbonyl (C=O) groups is 2. The van der Waals surface area contributed by atoms with Crippen LogP contribution in [0, 0.1) is 0 Å². The molecular formula is C18H28N2O3. The molecule has 0 aromatic heterocycles. The molecule has 0 atom stereocenters. The van der Waals surface area contributed by atoms with Gasteiger partial charge in [0.05, 0.1) is 5.69 Å². The number of ether oxygens (including phenoxy) is 1. The first-order valence-electron chi connectivity index (χ1n) is 8.19. The number of amides is 2. The lowest BCUT2D eigenvalue weighted by atomic mass is 10.0. The molecule has 0 saturated carbocycles. The molecule has 1 aromatic carbocycles. The summed E-state index contributed by atoms with van der Waals surface area (Å²) in [6.45, 7) is 6.82. The smallest absolute Gasteiger partial charge is 0.240 e. The number of anilines is 1. The third-order valence-corrected chi connectivity index (χ3v) is 3.76. The van der Waals surface area contributed by atoms with E-state index in [1.54, 1.807) is 12.0 Å². The normalized spacial score (nSPS) is 10.4. The van der Waals surface area contributed by atoms with Gasteiger partial charge in [-0.15, -0.1) is 0 Å². The molecule has 0 radical (unpaired) electrons. The van der Waals surface area contributed by atoms with Gasteiger partial charge in [0.2, 0.25) is 11.8 Å². The van der Waals surface area contributed by atoms with Crippen molar-refractivity contribution in [2.24, 2.45) is 0 Å². The van der Waals surface area contributed by atoms with Crippen LogP contribution in [0.3, 0.4) is 0 Å². The summed E-state index contributed by atoms with van der Waals surface area (Å²) in [7, 11) is 1.63. The molecule has 0 heterocycles. The fourth-order valence-electron chi connectivity index (χ4n) is 2.55. The Kier molecular flexibility index (Phi) is 8.33. The molecule has 5 heteroatoms. The van der Waals surface area contributed by atoms with E-state index >= 15 is 0 Å². The zero-order valence-electron chi connectivity index (χ0n) is 14.6. The Hall–Kier alpha value is -1.88. The first-order valence-corrected chi connectivity index (χ1v) is 8.19. The third kappa shape index (κ3) is 5.67. The van der Waals surface area contributed by atoms with E-state index in [1.165, 1.54) is 6.92 Å². The molecule has 0 bridgehead atoms. The summed E-state index contributed by atoms with van der Waals surface area (Å²) in [6, 6.07) is 6.03. The molecule has 1 rings (SSSR count). The van der Waals surface area contributed by atoms with Gasteiger partial charge in [-0.05, 0) is 30.4 Å². The van der Waals surface area contributed by atoms with Gasteiger partial charge in [0.15, 0.2) is 0 Å². The Bertz CT molecular complexity index is 507. The Labute approximate surface area is 139 Å². The molecule has 128 valence electrons. The highest BCUT2D eigenvalue weighted by atomic mass is 16.5. The number of hydrogen-bond acceptors (Lipinski definition) is 3. The number of benzene rings is 1. The predicted molar refractivity (Wildman–Crippen MR) is 92.7 cm³/mol. The van der Waals surface area contributed by atoms with E-state index < -0.39 is 0 Å². The van der Waals surface area contributed by atoms with Gasteiger partial charge in [-0.25, -0.2) is 0 Å². The lowest BCUT2D eigenvalue weighted by Crippen LogP contribution is -2.41. The standard InChI is InChI=1S/C18H28N2O3/c1-5-15-9-7-10-16(6-2)18(15)20(14(3)21)13-17(22)19-11-8-12-23-4/h7,9-10H,5-6,8,11-13H2,1-4H3,(H,19,22). The van der Waals surface area contributed by atoms with Gasteiger partial charge in [0.1, 0.15) is 6.54 Å². The largest absolute Gasteiger partial charge is 0.385 e. The summed E-state index contributed by atoms with van der Waals surface area (Å²) in [5.74, 6) is -0.267. The van der Waals surface area contributed by atoms with E-state index in [2.05, 4.69) is 19.2 Å². The summed E-state index contributed by atoms with van der Waals surface area (Å²) in [5.41, 5.74) is 3.07. The van der Waals surface area contributed by atoms with Crippen LogP contribution in [0.25, 0.3) is 0 Å². The van der Waals surface area contributed by atoms with Gasteiger partial charge in [0.25, 0.3) is 0 Å². The van der Waals surface area contributed by atoms with E-state index in [0.29, 0.717) is 13.2 Å². The van der Waals surface area contributed by atoms with Crippen LogP contribution >= 0.6 is 0 Å². The summed E-state index contributed by atoms with van der Waals surface area (Å²) in [4.78, 5) is 25.9. The highest BCUT2D eigenvalue weighted by Crippen LogP contribution is 2.27. The zero-order valence-corrected chi connectivity index (χ0v) is 14.6. The quantitative estimate of drug-likeness (QED) is 0.710. The molecule has 0 unspecified atom stereocenters. The zero-order chi connectivity index (χ0) is 17.2. The second-order valence-electron chi connectivity index (χ2n) is 5.43. The Balaban J connectivity index is 2.91. The number of para-hydroxylation sites is 1. The molecular weight excluding hydrogens is 292 g/mol. The molecule has 0 spiro atoms.